The van der Waals surface area contributed by atoms with Gasteiger partial charge in [0.1, 0.15) is 17.3 Å². The molecular weight excluding hydrogens is 303 g/mol. The number of halogens is 1. The normalized spacial score (nSPS) is 21.1. The second kappa shape index (κ2) is 6.23. The third-order valence-electron chi connectivity index (χ3n) is 4.88. The molecule has 4 rings (SSSR count). The van der Waals surface area contributed by atoms with Gasteiger partial charge < -0.3 is 5.32 Å². The van der Waals surface area contributed by atoms with E-state index in [2.05, 4.69) is 22.2 Å². The summed E-state index contributed by atoms with van der Waals surface area (Å²) < 4.78 is 15.2. The van der Waals surface area contributed by atoms with Gasteiger partial charge in [-0.15, -0.1) is 0 Å². The molecule has 0 saturated heterocycles. The number of imidazole rings is 1. The van der Waals surface area contributed by atoms with E-state index >= 15 is 0 Å². The van der Waals surface area contributed by atoms with E-state index in [1.54, 1.807) is 18.3 Å². The van der Waals surface area contributed by atoms with Crippen molar-refractivity contribution in [1.82, 2.24) is 14.4 Å². The summed E-state index contributed by atoms with van der Waals surface area (Å²) in [7, 11) is 0. The van der Waals surface area contributed by atoms with E-state index in [4.69, 9.17) is 0 Å². The van der Waals surface area contributed by atoms with Gasteiger partial charge in [0.2, 0.25) is 5.78 Å². The van der Waals surface area contributed by atoms with Crippen LogP contribution in [0.5, 0.6) is 0 Å². The zero-order valence-electron chi connectivity index (χ0n) is 13.7. The van der Waals surface area contributed by atoms with Crippen molar-refractivity contribution in [1.29, 1.82) is 0 Å². The van der Waals surface area contributed by atoms with Crippen LogP contribution in [0.2, 0.25) is 0 Å². The van der Waals surface area contributed by atoms with E-state index in [1.807, 2.05) is 16.7 Å². The Morgan fingerprint density at radius 2 is 1.88 bits per heavy atom. The minimum Gasteiger partial charge on any atom is -0.367 e. The molecule has 3 aromatic rings. The number of benzene rings is 1. The average Bonchev–Trinajstić information content (AvgIpc) is 2.96. The molecule has 2 heterocycles. The van der Waals surface area contributed by atoms with E-state index in [0.717, 1.165) is 35.8 Å². The first-order valence-electron chi connectivity index (χ1n) is 8.56. The van der Waals surface area contributed by atoms with Crippen LogP contribution >= 0.6 is 0 Å². The second-order valence-corrected chi connectivity index (χ2v) is 6.71. The van der Waals surface area contributed by atoms with Crippen molar-refractivity contribution in [3.05, 3.63) is 48.5 Å². The standard InChI is InChI=1S/C19H21FN4/c1-13-3-9-16(10-4-13)22-18-17(14-5-7-15(20)8-6-14)23-19-21-11-2-12-24(18)19/h2,5-8,11-13,16,22H,3-4,9-10H2,1H3. The molecule has 0 spiro atoms. The lowest BCUT2D eigenvalue weighted by atomic mass is 9.87. The van der Waals surface area contributed by atoms with Crippen LogP contribution in [-0.4, -0.2) is 20.4 Å². The molecule has 1 aromatic carbocycles. The molecular formula is C19H21FN4. The molecule has 0 radical (unpaired) electrons. The van der Waals surface area contributed by atoms with Crippen molar-refractivity contribution in [2.24, 2.45) is 5.92 Å². The molecule has 2 aromatic heterocycles. The highest BCUT2D eigenvalue weighted by Crippen LogP contribution is 2.32. The first-order chi connectivity index (χ1) is 11.7. The molecule has 1 aliphatic rings. The molecule has 0 amide bonds. The summed E-state index contributed by atoms with van der Waals surface area (Å²) >= 11 is 0. The molecule has 1 N–H and O–H groups in total. The van der Waals surface area contributed by atoms with Gasteiger partial charge in [-0.05, 0) is 61.9 Å². The Balaban J connectivity index is 1.74. The van der Waals surface area contributed by atoms with Crippen LogP contribution in [0.3, 0.4) is 0 Å². The lowest BCUT2D eigenvalue weighted by molar-refractivity contribution is 0.361. The van der Waals surface area contributed by atoms with Crippen LogP contribution in [0.4, 0.5) is 10.2 Å². The van der Waals surface area contributed by atoms with Gasteiger partial charge in [-0.3, -0.25) is 4.40 Å². The number of aromatic nitrogens is 3. The Bertz CT molecular complexity index is 832. The molecule has 0 bridgehead atoms. The highest BCUT2D eigenvalue weighted by atomic mass is 19.1. The number of nitrogens with one attached hydrogen (secondary N) is 1. The average molecular weight is 324 g/mol. The van der Waals surface area contributed by atoms with Gasteiger partial charge in [0.25, 0.3) is 0 Å². The Morgan fingerprint density at radius 3 is 2.62 bits per heavy atom. The van der Waals surface area contributed by atoms with E-state index < -0.39 is 0 Å². The maximum absolute atomic E-state index is 13.3. The highest BCUT2D eigenvalue weighted by molar-refractivity contribution is 5.75. The van der Waals surface area contributed by atoms with Gasteiger partial charge >= 0.3 is 0 Å². The summed E-state index contributed by atoms with van der Waals surface area (Å²) in [5.41, 5.74) is 1.72. The Morgan fingerprint density at radius 1 is 1.12 bits per heavy atom. The van der Waals surface area contributed by atoms with Crippen LogP contribution in [0, 0.1) is 11.7 Å². The third-order valence-corrected chi connectivity index (χ3v) is 4.88. The maximum atomic E-state index is 13.3. The summed E-state index contributed by atoms with van der Waals surface area (Å²) in [5, 5.41) is 3.67. The highest BCUT2D eigenvalue weighted by Gasteiger charge is 2.22. The van der Waals surface area contributed by atoms with Crippen LogP contribution in [0.15, 0.2) is 42.7 Å². The molecule has 1 aliphatic carbocycles. The van der Waals surface area contributed by atoms with E-state index in [9.17, 15) is 4.39 Å². The minimum absolute atomic E-state index is 0.239. The zero-order chi connectivity index (χ0) is 16.5. The smallest absolute Gasteiger partial charge is 0.235 e. The van der Waals surface area contributed by atoms with E-state index in [1.165, 1.54) is 25.0 Å². The molecule has 5 heteroatoms. The lowest BCUT2D eigenvalue weighted by Crippen LogP contribution is -2.26. The zero-order valence-corrected chi connectivity index (χ0v) is 13.7. The molecule has 4 nitrogen and oxygen atoms in total. The SMILES string of the molecule is CC1CCC(Nc2c(-c3ccc(F)cc3)nc3ncccn23)CC1. The summed E-state index contributed by atoms with van der Waals surface area (Å²) in [6.07, 6.45) is 8.53. The minimum atomic E-state index is -0.239. The molecule has 0 atom stereocenters. The Kier molecular flexibility index (Phi) is 3.92. The fraction of sp³-hybridized carbons (Fsp3) is 0.368. The van der Waals surface area contributed by atoms with Gasteiger partial charge in [0, 0.05) is 24.0 Å². The van der Waals surface area contributed by atoms with Crippen LogP contribution in [0.1, 0.15) is 32.6 Å². The number of hydrogen-bond acceptors (Lipinski definition) is 3. The summed E-state index contributed by atoms with van der Waals surface area (Å²) in [5.74, 6) is 2.17. The van der Waals surface area contributed by atoms with Crippen molar-refractivity contribution in [3.63, 3.8) is 0 Å². The second-order valence-electron chi connectivity index (χ2n) is 6.71. The molecule has 124 valence electrons. The van der Waals surface area contributed by atoms with Crippen LogP contribution < -0.4 is 5.32 Å². The monoisotopic (exact) mass is 324 g/mol. The van der Waals surface area contributed by atoms with Gasteiger partial charge in [0.05, 0.1) is 0 Å². The first kappa shape index (κ1) is 15.1. The van der Waals surface area contributed by atoms with Crippen molar-refractivity contribution in [2.75, 3.05) is 5.32 Å². The van der Waals surface area contributed by atoms with Crippen LogP contribution in [0.25, 0.3) is 17.0 Å². The molecule has 24 heavy (non-hydrogen) atoms. The van der Waals surface area contributed by atoms with Gasteiger partial charge in [-0.2, -0.15) is 0 Å². The third kappa shape index (κ3) is 2.86. The van der Waals surface area contributed by atoms with Gasteiger partial charge in [0.15, 0.2) is 0 Å². The predicted octanol–water partition coefficient (Wildman–Crippen LogP) is 4.53. The van der Waals surface area contributed by atoms with E-state index in [0.29, 0.717) is 11.8 Å². The lowest BCUT2D eigenvalue weighted by Gasteiger charge is -2.27. The van der Waals surface area contributed by atoms with Crippen molar-refractivity contribution < 1.29 is 4.39 Å². The summed E-state index contributed by atoms with van der Waals surface area (Å²) in [6, 6.07) is 8.83. The fourth-order valence-electron chi connectivity index (χ4n) is 3.43. The number of hydrogen-bond donors (Lipinski definition) is 1. The van der Waals surface area contributed by atoms with Gasteiger partial charge in [-0.25, -0.2) is 14.4 Å². The largest absolute Gasteiger partial charge is 0.367 e. The molecule has 1 fully saturated rings. The van der Waals surface area contributed by atoms with Crippen molar-refractivity contribution in [2.45, 2.75) is 38.6 Å². The molecule has 0 aliphatic heterocycles. The van der Waals surface area contributed by atoms with Crippen molar-refractivity contribution in [3.8, 4) is 11.3 Å². The number of anilines is 1. The summed E-state index contributed by atoms with van der Waals surface area (Å²) in [4.78, 5) is 9.01. The Labute approximate surface area is 140 Å². The fourth-order valence-corrected chi connectivity index (χ4v) is 3.43. The predicted molar refractivity (Wildman–Crippen MR) is 93.4 cm³/mol. The van der Waals surface area contributed by atoms with Crippen LogP contribution in [-0.2, 0) is 0 Å². The first-order valence-corrected chi connectivity index (χ1v) is 8.56. The Hall–Kier alpha value is -2.43. The quantitative estimate of drug-likeness (QED) is 0.770. The summed E-state index contributed by atoms with van der Waals surface area (Å²) in [6.45, 7) is 2.32. The maximum Gasteiger partial charge on any atom is 0.235 e. The number of fused-ring (bicyclic) bond motifs is 1. The number of rotatable bonds is 3. The molecule has 0 unspecified atom stereocenters. The number of nitrogens with zero attached hydrogens (tertiary/aromatic N) is 3. The topological polar surface area (TPSA) is 42.2 Å². The molecule has 1 saturated carbocycles. The van der Waals surface area contributed by atoms with E-state index in [-0.39, 0.29) is 5.82 Å². The van der Waals surface area contributed by atoms with Gasteiger partial charge in [-0.1, -0.05) is 6.92 Å². The van der Waals surface area contributed by atoms with Crippen molar-refractivity contribution >= 4 is 11.6 Å².